The monoisotopic (exact) mass is 359 g/mol. The summed E-state index contributed by atoms with van der Waals surface area (Å²) in [6, 6.07) is 20.7. The summed E-state index contributed by atoms with van der Waals surface area (Å²) in [5.41, 5.74) is 2.83. The molecule has 0 aliphatic carbocycles. The molecule has 0 fully saturated rings. The van der Waals surface area contributed by atoms with Crippen molar-refractivity contribution in [1.29, 1.82) is 0 Å². The number of esters is 2. The Kier molecular flexibility index (Phi) is 4.12. The van der Waals surface area contributed by atoms with Gasteiger partial charge in [-0.3, -0.25) is 0 Å². The molecule has 1 aromatic heterocycles. The van der Waals surface area contributed by atoms with E-state index in [0.717, 1.165) is 21.8 Å². The van der Waals surface area contributed by atoms with E-state index in [2.05, 4.69) is 0 Å². The molecule has 0 aliphatic rings. The Hall–Kier alpha value is -3.60. The summed E-state index contributed by atoms with van der Waals surface area (Å²) in [6.07, 6.45) is 0. The minimum absolute atomic E-state index is 0.298. The van der Waals surface area contributed by atoms with Gasteiger partial charge in [0.05, 0.1) is 42.1 Å². The van der Waals surface area contributed by atoms with Crippen LogP contribution in [0.15, 0.2) is 66.7 Å². The molecule has 5 heteroatoms. The molecule has 0 spiro atoms. The lowest BCUT2D eigenvalue weighted by Crippen LogP contribution is -2.14. The Balaban J connectivity index is 2.21. The lowest BCUT2D eigenvalue weighted by atomic mass is 10.1. The number of fused-ring (bicyclic) bond motifs is 3. The number of carbonyl (C=O) groups excluding carboxylic acids is 2. The highest BCUT2D eigenvalue weighted by atomic mass is 16.5. The number of nitrogens with zero attached hydrogens (tertiary/aromatic N) is 1. The highest BCUT2D eigenvalue weighted by molar-refractivity contribution is 6.11. The number of aromatic nitrogens is 1. The molecule has 0 N–H and O–H groups in total. The van der Waals surface area contributed by atoms with Crippen molar-refractivity contribution in [3.8, 4) is 5.69 Å². The van der Waals surface area contributed by atoms with Gasteiger partial charge in [0.1, 0.15) is 0 Å². The van der Waals surface area contributed by atoms with E-state index >= 15 is 0 Å². The molecule has 0 bridgehead atoms. The lowest BCUT2D eigenvalue weighted by Gasteiger charge is -2.16. The topological polar surface area (TPSA) is 57.5 Å². The maximum absolute atomic E-state index is 12.5. The van der Waals surface area contributed by atoms with E-state index in [1.54, 1.807) is 18.2 Å². The summed E-state index contributed by atoms with van der Waals surface area (Å²) in [6.45, 7) is 0. The molecule has 0 aliphatic heterocycles. The van der Waals surface area contributed by atoms with Crippen LogP contribution in [0.2, 0.25) is 0 Å². The van der Waals surface area contributed by atoms with Crippen molar-refractivity contribution in [2.24, 2.45) is 0 Å². The highest BCUT2D eigenvalue weighted by Crippen LogP contribution is 2.34. The predicted molar refractivity (Wildman–Crippen MR) is 103 cm³/mol. The van der Waals surface area contributed by atoms with Gasteiger partial charge in [-0.15, -0.1) is 0 Å². The average Bonchev–Trinajstić information content (AvgIpc) is 3.06. The molecule has 0 amide bonds. The van der Waals surface area contributed by atoms with Crippen LogP contribution in [0.4, 0.5) is 0 Å². The number of hydrogen-bond donors (Lipinski definition) is 0. The van der Waals surface area contributed by atoms with Crippen LogP contribution in [0, 0.1) is 0 Å². The fourth-order valence-corrected chi connectivity index (χ4v) is 3.50. The minimum atomic E-state index is -0.516. The van der Waals surface area contributed by atoms with Crippen molar-refractivity contribution >= 4 is 33.7 Å². The molecule has 0 unspecified atom stereocenters. The molecule has 4 aromatic rings. The van der Waals surface area contributed by atoms with Gasteiger partial charge in [0.15, 0.2) is 0 Å². The predicted octanol–water partition coefficient (Wildman–Crippen LogP) is 4.36. The number of hydrogen-bond acceptors (Lipinski definition) is 4. The Labute approximate surface area is 155 Å². The summed E-state index contributed by atoms with van der Waals surface area (Å²) in [5, 5.41) is 2.06. The molecule has 0 radical (unpaired) electrons. The largest absolute Gasteiger partial charge is 0.465 e. The second-order valence-corrected chi connectivity index (χ2v) is 6.05. The fraction of sp³-hybridized carbons (Fsp3) is 0.0909. The molecule has 5 nitrogen and oxygen atoms in total. The second-order valence-electron chi connectivity index (χ2n) is 6.05. The number of para-hydroxylation sites is 3. The summed E-state index contributed by atoms with van der Waals surface area (Å²) >= 11 is 0. The maximum Gasteiger partial charge on any atom is 0.340 e. The molecule has 0 saturated heterocycles. The third kappa shape index (κ3) is 2.56. The molecule has 3 aromatic carbocycles. The number of ether oxygens (including phenoxy) is 2. The van der Waals surface area contributed by atoms with Crippen LogP contribution in [0.3, 0.4) is 0 Å². The summed E-state index contributed by atoms with van der Waals surface area (Å²) in [4.78, 5) is 25.0. The maximum atomic E-state index is 12.5. The van der Waals surface area contributed by atoms with Crippen molar-refractivity contribution in [2.45, 2.75) is 0 Å². The Bertz CT molecular complexity index is 1100. The van der Waals surface area contributed by atoms with Gasteiger partial charge in [0, 0.05) is 10.8 Å². The van der Waals surface area contributed by atoms with Gasteiger partial charge in [-0.1, -0.05) is 42.5 Å². The number of methoxy groups -OCH3 is 2. The van der Waals surface area contributed by atoms with Gasteiger partial charge in [0.2, 0.25) is 0 Å². The number of benzene rings is 3. The first-order chi connectivity index (χ1) is 13.2. The first kappa shape index (κ1) is 16.8. The SMILES string of the molecule is COC(=O)c1cccc(C(=O)OC)c1-n1c2ccccc2c2ccccc21. The molecular formula is C22H17NO4. The summed E-state index contributed by atoms with van der Waals surface area (Å²) in [7, 11) is 2.64. The Morgan fingerprint density at radius 1 is 0.667 bits per heavy atom. The van der Waals surface area contributed by atoms with Crippen LogP contribution in [0.5, 0.6) is 0 Å². The molecule has 134 valence electrons. The van der Waals surface area contributed by atoms with Gasteiger partial charge in [-0.25, -0.2) is 9.59 Å². The Morgan fingerprint density at radius 3 is 1.56 bits per heavy atom. The van der Waals surface area contributed by atoms with Crippen molar-refractivity contribution in [2.75, 3.05) is 14.2 Å². The van der Waals surface area contributed by atoms with Crippen LogP contribution in [0.1, 0.15) is 20.7 Å². The summed E-state index contributed by atoms with van der Waals surface area (Å²) in [5.74, 6) is -1.03. The molecule has 0 atom stereocenters. The average molecular weight is 359 g/mol. The van der Waals surface area contributed by atoms with E-state index in [-0.39, 0.29) is 0 Å². The quantitative estimate of drug-likeness (QED) is 0.510. The van der Waals surface area contributed by atoms with Crippen molar-refractivity contribution in [3.05, 3.63) is 77.9 Å². The van der Waals surface area contributed by atoms with E-state index in [1.807, 2.05) is 53.1 Å². The van der Waals surface area contributed by atoms with Gasteiger partial charge < -0.3 is 14.0 Å². The molecular weight excluding hydrogens is 342 g/mol. The zero-order valence-corrected chi connectivity index (χ0v) is 14.9. The highest BCUT2D eigenvalue weighted by Gasteiger charge is 2.24. The van der Waals surface area contributed by atoms with E-state index < -0.39 is 11.9 Å². The van der Waals surface area contributed by atoms with Crippen LogP contribution >= 0.6 is 0 Å². The Morgan fingerprint density at radius 2 is 1.11 bits per heavy atom. The molecule has 0 saturated carbocycles. The van der Waals surface area contributed by atoms with Gasteiger partial charge in [-0.05, 0) is 24.3 Å². The molecule has 4 rings (SSSR count). The molecule has 1 heterocycles. The third-order valence-corrected chi connectivity index (χ3v) is 4.65. The standard InChI is InChI=1S/C22H17NO4/c1-26-21(24)16-10-7-11-17(22(25)27-2)20(16)23-18-12-5-3-8-14(18)15-9-4-6-13-19(15)23/h3-13H,1-2H3. The van der Waals surface area contributed by atoms with Crippen molar-refractivity contribution in [1.82, 2.24) is 4.57 Å². The van der Waals surface area contributed by atoms with Gasteiger partial charge >= 0.3 is 11.9 Å². The van der Waals surface area contributed by atoms with E-state index in [4.69, 9.17) is 9.47 Å². The number of rotatable bonds is 3. The van der Waals surface area contributed by atoms with Gasteiger partial charge in [-0.2, -0.15) is 0 Å². The van der Waals surface area contributed by atoms with E-state index in [9.17, 15) is 9.59 Å². The fourth-order valence-electron chi connectivity index (χ4n) is 3.50. The normalized spacial score (nSPS) is 10.9. The van der Waals surface area contributed by atoms with Gasteiger partial charge in [0.25, 0.3) is 0 Å². The van der Waals surface area contributed by atoms with Crippen molar-refractivity contribution < 1.29 is 19.1 Å². The smallest absolute Gasteiger partial charge is 0.340 e. The van der Waals surface area contributed by atoms with Crippen LogP contribution in [0.25, 0.3) is 27.5 Å². The number of carbonyl (C=O) groups is 2. The van der Waals surface area contributed by atoms with Crippen LogP contribution < -0.4 is 0 Å². The van der Waals surface area contributed by atoms with Crippen LogP contribution in [-0.4, -0.2) is 30.7 Å². The zero-order valence-electron chi connectivity index (χ0n) is 14.9. The third-order valence-electron chi connectivity index (χ3n) is 4.65. The second kappa shape index (κ2) is 6.61. The van der Waals surface area contributed by atoms with E-state index in [1.165, 1.54) is 14.2 Å². The lowest BCUT2D eigenvalue weighted by molar-refractivity contribution is 0.0599. The van der Waals surface area contributed by atoms with Crippen LogP contribution in [-0.2, 0) is 9.47 Å². The van der Waals surface area contributed by atoms with Crippen molar-refractivity contribution in [3.63, 3.8) is 0 Å². The first-order valence-corrected chi connectivity index (χ1v) is 8.45. The zero-order chi connectivity index (χ0) is 19.0. The molecule has 27 heavy (non-hydrogen) atoms. The first-order valence-electron chi connectivity index (χ1n) is 8.45. The van der Waals surface area contributed by atoms with E-state index in [0.29, 0.717) is 16.8 Å². The summed E-state index contributed by atoms with van der Waals surface area (Å²) < 4.78 is 11.8. The minimum Gasteiger partial charge on any atom is -0.465 e.